The van der Waals surface area contributed by atoms with E-state index in [9.17, 15) is 14.0 Å². The molecule has 0 bridgehead atoms. The number of benzene rings is 1. The van der Waals surface area contributed by atoms with Gasteiger partial charge in [-0.1, -0.05) is 13.8 Å². The second-order valence-electron chi connectivity index (χ2n) is 4.84. The summed E-state index contributed by atoms with van der Waals surface area (Å²) in [6.45, 7) is 8.52. The average molecular weight is 309 g/mol. The van der Waals surface area contributed by atoms with Crippen molar-refractivity contribution in [1.82, 2.24) is 9.80 Å². The number of halogens is 1. The highest BCUT2D eigenvalue weighted by atomic mass is 19.1. The molecule has 5 nitrogen and oxygen atoms in total. The first-order valence-electron chi connectivity index (χ1n) is 7.58. The Morgan fingerprint density at radius 2 is 1.64 bits per heavy atom. The summed E-state index contributed by atoms with van der Waals surface area (Å²) < 4.78 is 12.7. The minimum absolute atomic E-state index is 0.0698. The number of anilines is 1. The van der Waals surface area contributed by atoms with Gasteiger partial charge < -0.3 is 10.2 Å². The van der Waals surface area contributed by atoms with Crippen molar-refractivity contribution < 1.29 is 14.0 Å². The van der Waals surface area contributed by atoms with Crippen LogP contribution in [0.1, 0.15) is 20.8 Å². The van der Waals surface area contributed by atoms with E-state index in [1.807, 2.05) is 18.7 Å². The number of carbonyl (C=O) groups is 2. The molecule has 0 saturated carbocycles. The maximum absolute atomic E-state index is 12.7. The summed E-state index contributed by atoms with van der Waals surface area (Å²) >= 11 is 0. The molecule has 0 radical (unpaired) electrons. The second kappa shape index (κ2) is 9.15. The van der Waals surface area contributed by atoms with Crippen molar-refractivity contribution in [3.63, 3.8) is 0 Å². The molecule has 2 rings (SSSR count). The molecule has 0 spiro atoms. The number of piperazine rings is 1. The molecule has 1 heterocycles. The van der Waals surface area contributed by atoms with Crippen LogP contribution < -0.4 is 5.32 Å². The summed E-state index contributed by atoms with van der Waals surface area (Å²) in [5.41, 5.74) is 0.582. The van der Waals surface area contributed by atoms with Gasteiger partial charge in [0.25, 0.3) is 0 Å². The fourth-order valence-electron chi connectivity index (χ4n) is 2.16. The van der Waals surface area contributed by atoms with Crippen LogP contribution in [0.25, 0.3) is 0 Å². The summed E-state index contributed by atoms with van der Waals surface area (Å²) in [7, 11) is 0. The van der Waals surface area contributed by atoms with E-state index in [0.717, 1.165) is 0 Å². The number of amides is 2. The summed E-state index contributed by atoms with van der Waals surface area (Å²) in [6, 6.07) is 5.67. The zero-order chi connectivity index (χ0) is 16.5. The van der Waals surface area contributed by atoms with Crippen LogP contribution in [0, 0.1) is 5.82 Å². The molecule has 2 amide bonds. The van der Waals surface area contributed by atoms with Gasteiger partial charge in [0, 0.05) is 38.8 Å². The van der Waals surface area contributed by atoms with Gasteiger partial charge in [0.05, 0.1) is 6.54 Å². The fraction of sp³-hybridized carbons (Fsp3) is 0.500. The van der Waals surface area contributed by atoms with Gasteiger partial charge in [0.15, 0.2) is 0 Å². The number of nitrogens with one attached hydrogen (secondary N) is 1. The van der Waals surface area contributed by atoms with Crippen LogP contribution in [0.15, 0.2) is 24.3 Å². The molecule has 0 atom stereocenters. The molecule has 1 fully saturated rings. The van der Waals surface area contributed by atoms with Gasteiger partial charge in [-0.25, -0.2) is 4.39 Å². The standard InChI is InChI=1S/C14H18FN3O2.C2H6/c1-11(19)18-8-6-17(7-9-18)10-14(20)16-13-4-2-12(15)3-5-13;1-2/h2-5H,6-10H2,1H3,(H,16,20);1-2H3. The van der Waals surface area contributed by atoms with Gasteiger partial charge in [-0.15, -0.1) is 0 Å². The summed E-state index contributed by atoms with van der Waals surface area (Å²) in [5.74, 6) is -0.392. The van der Waals surface area contributed by atoms with Crippen LogP contribution in [0.3, 0.4) is 0 Å². The number of nitrogens with zero attached hydrogens (tertiary/aromatic N) is 2. The first kappa shape index (κ1) is 18.1. The van der Waals surface area contributed by atoms with E-state index in [-0.39, 0.29) is 24.2 Å². The maximum Gasteiger partial charge on any atom is 0.238 e. The Morgan fingerprint density at radius 1 is 1.09 bits per heavy atom. The van der Waals surface area contributed by atoms with Crippen LogP contribution in [-0.4, -0.2) is 54.3 Å². The third-order valence-corrected chi connectivity index (χ3v) is 3.31. The lowest BCUT2D eigenvalue weighted by Crippen LogP contribution is -2.49. The minimum atomic E-state index is -0.330. The normalized spacial score (nSPS) is 14.8. The molecule has 0 unspecified atom stereocenters. The van der Waals surface area contributed by atoms with E-state index in [1.165, 1.54) is 24.3 Å². The van der Waals surface area contributed by atoms with Crippen molar-refractivity contribution in [3.05, 3.63) is 30.1 Å². The van der Waals surface area contributed by atoms with Crippen LogP contribution in [0.4, 0.5) is 10.1 Å². The maximum atomic E-state index is 12.7. The summed E-state index contributed by atoms with van der Waals surface area (Å²) in [6.07, 6.45) is 0. The van der Waals surface area contributed by atoms with Gasteiger partial charge in [-0.2, -0.15) is 0 Å². The van der Waals surface area contributed by atoms with Gasteiger partial charge >= 0.3 is 0 Å². The Balaban J connectivity index is 0.00000116. The smallest absolute Gasteiger partial charge is 0.238 e. The van der Waals surface area contributed by atoms with Crippen LogP contribution in [-0.2, 0) is 9.59 Å². The monoisotopic (exact) mass is 309 g/mol. The number of hydrogen-bond acceptors (Lipinski definition) is 3. The van der Waals surface area contributed by atoms with E-state index in [2.05, 4.69) is 5.32 Å². The summed E-state index contributed by atoms with van der Waals surface area (Å²) in [4.78, 5) is 26.8. The predicted octanol–water partition coefficient (Wildman–Crippen LogP) is 1.95. The largest absolute Gasteiger partial charge is 0.340 e. The Morgan fingerprint density at radius 3 is 2.14 bits per heavy atom. The van der Waals surface area contributed by atoms with E-state index in [1.54, 1.807) is 11.8 Å². The van der Waals surface area contributed by atoms with Crippen molar-refractivity contribution in [2.45, 2.75) is 20.8 Å². The molecule has 122 valence electrons. The van der Waals surface area contributed by atoms with E-state index in [0.29, 0.717) is 31.9 Å². The quantitative estimate of drug-likeness (QED) is 0.928. The van der Waals surface area contributed by atoms with Crippen molar-refractivity contribution in [3.8, 4) is 0 Å². The Kier molecular flexibility index (Phi) is 7.52. The number of hydrogen-bond donors (Lipinski definition) is 1. The van der Waals surface area contributed by atoms with Crippen LogP contribution in [0.2, 0.25) is 0 Å². The molecule has 22 heavy (non-hydrogen) atoms. The molecule has 1 aromatic rings. The topological polar surface area (TPSA) is 52.7 Å². The lowest BCUT2D eigenvalue weighted by Gasteiger charge is -2.33. The average Bonchev–Trinajstić information content (AvgIpc) is 2.52. The lowest BCUT2D eigenvalue weighted by molar-refractivity contribution is -0.130. The van der Waals surface area contributed by atoms with Crippen molar-refractivity contribution >= 4 is 17.5 Å². The molecule has 1 saturated heterocycles. The Labute approximate surface area is 131 Å². The van der Waals surface area contributed by atoms with E-state index >= 15 is 0 Å². The molecular formula is C16H24FN3O2. The highest BCUT2D eigenvalue weighted by Crippen LogP contribution is 2.08. The van der Waals surface area contributed by atoms with Crippen molar-refractivity contribution in [2.75, 3.05) is 38.0 Å². The second-order valence-corrected chi connectivity index (χ2v) is 4.84. The minimum Gasteiger partial charge on any atom is -0.340 e. The van der Waals surface area contributed by atoms with Gasteiger partial charge in [0.1, 0.15) is 5.82 Å². The number of carbonyl (C=O) groups excluding carboxylic acids is 2. The van der Waals surface area contributed by atoms with Crippen LogP contribution in [0.5, 0.6) is 0 Å². The Hall–Kier alpha value is -1.95. The molecule has 1 aromatic carbocycles. The van der Waals surface area contributed by atoms with Crippen molar-refractivity contribution in [2.24, 2.45) is 0 Å². The molecule has 1 N–H and O–H groups in total. The SMILES string of the molecule is CC.CC(=O)N1CCN(CC(=O)Nc2ccc(F)cc2)CC1. The third-order valence-electron chi connectivity index (χ3n) is 3.31. The summed E-state index contributed by atoms with van der Waals surface area (Å²) in [5, 5.41) is 2.72. The molecular weight excluding hydrogens is 285 g/mol. The van der Waals surface area contributed by atoms with Crippen molar-refractivity contribution in [1.29, 1.82) is 0 Å². The molecule has 1 aliphatic heterocycles. The fourth-order valence-corrected chi connectivity index (χ4v) is 2.16. The third kappa shape index (κ3) is 5.81. The van der Waals surface area contributed by atoms with Gasteiger partial charge in [0.2, 0.25) is 11.8 Å². The zero-order valence-corrected chi connectivity index (χ0v) is 13.4. The molecule has 6 heteroatoms. The van der Waals surface area contributed by atoms with Crippen LogP contribution >= 0.6 is 0 Å². The molecule has 0 aromatic heterocycles. The lowest BCUT2D eigenvalue weighted by atomic mass is 10.3. The first-order chi connectivity index (χ1) is 10.5. The highest BCUT2D eigenvalue weighted by molar-refractivity contribution is 5.92. The molecule has 0 aliphatic carbocycles. The van der Waals surface area contributed by atoms with Gasteiger partial charge in [-0.3, -0.25) is 14.5 Å². The van der Waals surface area contributed by atoms with E-state index in [4.69, 9.17) is 0 Å². The zero-order valence-electron chi connectivity index (χ0n) is 13.4. The Bertz CT molecular complexity index is 483. The molecule has 1 aliphatic rings. The van der Waals surface area contributed by atoms with Gasteiger partial charge in [-0.05, 0) is 24.3 Å². The predicted molar refractivity (Wildman–Crippen MR) is 85.1 cm³/mol. The van der Waals surface area contributed by atoms with E-state index < -0.39 is 0 Å². The highest BCUT2D eigenvalue weighted by Gasteiger charge is 2.20. The first-order valence-corrected chi connectivity index (χ1v) is 7.58. The number of rotatable bonds is 3.